The lowest BCUT2D eigenvalue weighted by Gasteiger charge is -2.07. The Morgan fingerprint density at radius 1 is 1.65 bits per heavy atom. The molecule has 1 aromatic rings. The fraction of sp³-hybridized carbons (Fsp3) is 0.636. The van der Waals surface area contributed by atoms with Gasteiger partial charge in [-0.2, -0.15) is 5.10 Å². The quantitative estimate of drug-likeness (QED) is 0.614. The van der Waals surface area contributed by atoms with Crippen molar-refractivity contribution in [2.24, 2.45) is 5.92 Å². The van der Waals surface area contributed by atoms with Crippen LogP contribution in [0.4, 0.5) is 5.82 Å². The second-order valence-electron chi connectivity index (χ2n) is 4.28. The minimum absolute atomic E-state index is 0.208. The summed E-state index contributed by atoms with van der Waals surface area (Å²) in [5.74, 6) is 0.619. The van der Waals surface area contributed by atoms with Crippen LogP contribution in [0.25, 0.3) is 0 Å². The van der Waals surface area contributed by atoms with Crippen LogP contribution in [-0.4, -0.2) is 35.9 Å². The minimum Gasteiger partial charge on any atom is -0.383 e. The summed E-state index contributed by atoms with van der Waals surface area (Å²) in [6.07, 6.45) is 2.20. The zero-order valence-electron chi connectivity index (χ0n) is 10.3. The molecular formula is C11H20N4O2. The van der Waals surface area contributed by atoms with Gasteiger partial charge in [0.15, 0.2) is 0 Å². The molecule has 0 unspecified atom stereocenters. The fourth-order valence-corrected chi connectivity index (χ4v) is 1.27. The lowest BCUT2D eigenvalue weighted by Crippen LogP contribution is -2.25. The van der Waals surface area contributed by atoms with Gasteiger partial charge in [-0.05, 0) is 12.3 Å². The predicted octanol–water partition coefficient (Wildman–Crippen LogP) is 0.784. The van der Waals surface area contributed by atoms with Gasteiger partial charge in [0.25, 0.3) is 5.91 Å². The third-order valence-corrected chi connectivity index (χ3v) is 2.12. The van der Waals surface area contributed by atoms with Crippen LogP contribution in [0.3, 0.4) is 0 Å². The number of nitrogens with zero attached hydrogens (tertiary/aromatic N) is 1. The van der Waals surface area contributed by atoms with Gasteiger partial charge in [-0.25, -0.2) is 0 Å². The molecule has 1 aromatic heterocycles. The van der Waals surface area contributed by atoms with Crippen molar-refractivity contribution in [3.63, 3.8) is 0 Å². The number of anilines is 1. The van der Waals surface area contributed by atoms with Gasteiger partial charge in [-0.1, -0.05) is 13.8 Å². The molecule has 0 fully saturated rings. The van der Waals surface area contributed by atoms with Crippen LogP contribution in [0.1, 0.15) is 30.6 Å². The molecule has 1 heterocycles. The highest BCUT2D eigenvalue weighted by atomic mass is 16.5. The molecule has 0 spiro atoms. The van der Waals surface area contributed by atoms with Crippen LogP contribution < -0.4 is 11.1 Å². The van der Waals surface area contributed by atoms with Crippen molar-refractivity contribution in [2.45, 2.75) is 20.3 Å². The van der Waals surface area contributed by atoms with Crippen LogP contribution in [0.5, 0.6) is 0 Å². The number of rotatable bonds is 7. The summed E-state index contributed by atoms with van der Waals surface area (Å²) < 4.78 is 5.40. The van der Waals surface area contributed by atoms with Crippen LogP contribution in [0.2, 0.25) is 0 Å². The van der Waals surface area contributed by atoms with Crippen LogP contribution >= 0.6 is 0 Å². The lowest BCUT2D eigenvalue weighted by atomic mass is 10.2. The fourth-order valence-electron chi connectivity index (χ4n) is 1.27. The summed E-state index contributed by atoms with van der Waals surface area (Å²) in [6, 6.07) is 0. The zero-order valence-corrected chi connectivity index (χ0v) is 10.3. The van der Waals surface area contributed by atoms with Crippen molar-refractivity contribution < 1.29 is 9.53 Å². The van der Waals surface area contributed by atoms with Crippen molar-refractivity contribution in [2.75, 3.05) is 25.5 Å². The third kappa shape index (κ3) is 4.86. The number of aromatic nitrogens is 2. The van der Waals surface area contributed by atoms with Gasteiger partial charge in [0.2, 0.25) is 0 Å². The third-order valence-electron chi connectivity index (χ3n) is 2.12. The van der Waals surface area contributed by atoms with Crippen molar-refractivity contribution in [1.82, 2.24) is 15.5 Å². The summed E-state index contributed by atoms with van der Waals surface area (Å²) in [5.41, 5.74) is 5.91. The standard InChI is InChI=1S/C11H20N4O2/c1-8(2)7-17-5-3-4-13-11(16)9-6-14-15-10(9)12/h6,8H,3-5,7H2,1-2H3,(H,13,16)(H3,12,14,15). The summed E-state index contributed by atoms with van der Waals surface area (Å²) in [5, 5.41) is 8.95. The molecule has 96 valence electrons. The lowest BCUT2D eigenvalue weighted by molar-refractivity contribution is 0.0926. The van der Waals surface area contributed by atoms with Gasteiger partial charge in [0.1, 0.15) is 11.4 Å². The van der Waals surface area contributed by atoms with E-state index in [-0.39, 0.29) is 5.91 Å². The van der Waals surface area contributed by atoms with E-state index in [0.717, 1.165) is 13.0 Å². The largest absolute Gasteiger partial charge is 0.383 e. The van der Waals surface area contributed by atoms with E-state index in [1.807, 2.05) is 0 Å². The monoisotopic (exact) mass is 240 g/mol. The second-order valence-corrected chi connectivity index (χ2v) is 4.28. The van der Waals surface area contributed by atoms with E-state index < -0.39 is 0 Å². The first-order valence-corrected chi connectivity index (χ1v) is 5.76. The summed E-state index contributed by atoms with van der Waals surface area (Å²) in [7, 11) is 0. The Bertz CT molecular complexity index is 349. The van der Waals surface area contributed by atoms with Gasteiger partial charge in [0.05, 0.1) is 6.20 Å². The molecule has 6 heteroatoms. The van der Waals surface area contributed by atoms with Crippen molar-refractivity contribution in [3.05, 3.63) is 11.8 Å². The van der Waals surface area contributed by atoms with E-state index in [1.54, 1.807) is 0 Å². The Morgan fingerprint density at radius 2 is 2.41 bits per heavy atom. The normalized spacial score (nSPS) is 10.8. The molecule has 17 heavy (non-hydrogen) atoms. The molecule has 0 aliphatic carbocycles. The highest BCUT2D eigenvalue weighted by molar-refractivity contribution is 5.97. The maximum Gasteiger partial charge on any atom is 0.256 e. The highest BCUT2D eigenvalue weighted by Gasteiger charge is 2.10. The SMILES string of the molecule is CC(C)COCCCNC(=O)c1cn[nH]c1N. The number of nitrogen functional groups attached to an aromatic ring is 1. The minimum atomic E-state index is -0.208. The number of amides is 1. The number of H-pyrrole nitrogens is 1. The molecule has 1 amide bonds. The average Bonchev–Trinajstić information content (AvgIpc) is 2.69. The maximum atomic E-state index is 11.6. The van der Waals surface area contributed by atoms with E-state index in [1.165, 1.54) is 6.20 Å². The van der Waals surface area contributed by atoms with Crippen molar-refractivity contribution in [3.8, 4) is 0 Å². The van der Waals surface area contributed by atoms with Gasteiger partial charge in [-0.15, -0.1) is 0 Å². The molecule has 0 saturated heterocycles. The Labute approximate surface area is 101 Å². The van der Waals surface area contributed by atoms with E-state index >= 15 is 0 Å². The Kier molecular flexibility index (Phi) is 5.48. The Morgan fingerprint density at radius 3 is 3.00 bits per heavy atom. The number of nitrogens with one attached hydrogen (secondary N) is 2. The molecule has 0 bridgehead atoms. The smallest absolute Gasteiger partial charge is 0.256 e. The Hall–Kier alpha value is -1.56. The number of nitrogens with two attached hydrogens (primary N) is 1. The first-order valence-electron chi connectivity index (χ1n) is 5.76. The molecule has 0 atom stereocenters. The van der Waals surface area contributed by atoms with Gasteiger partial charge < -0.3 is 15.8 Å². The molecule has 0 aliphatic heterocycles. The number of aromatic amines is 1. The zero-order chi connectivity index (χ0) is 12.7. The summed E-state index contributed by atoms with van der Waals surface area (Å²) in [4.78, 5) is 11.6. The first kappa shape index (κ1) is 13.5. The number of carbonyl (C=O) groups is 1. The van der Waals surface area contributed by atoms with Gasteiger partial charge >= 0.3 is 0 Å². The Balaban J connectivity index is 2.11. The molecular weight excluding hydrogens is 220 g/mol. The molecule has 6 nitrogen and oxygen atoms in total. The number of hydrogen-bond acceptors (Lipinski definition) is 4. The summed E-state index contributed by atoms with van der Waals surface area (Å²) in [6.45, 7) is 6.18. The number of hydrogen-bond donors (Lipinski definition) is 3. The molecule has 0 aromatic carbocycles. The van der Waals surface area contributed by atoms with Gasteiger partial charge in [-0.3, -0.25) is 9.89 Å². The second kappa shape index (κ2) is 6.90. The van der Waals surface area contributed by atoms with Gasteiger partial charge in [0, 0.05) is 19.8 Å². The molecule has 0 aliphatic rings. The highest BCUT2D eigenvalue weighted by Crippen LogP contribution is 2.04. The topological polar surface area (TPSA) is 93.0 Å². The molecule has 0 saturated carbocycles. The first-order chi connectivity index (χ1) is 8.11. The van der Waals surface area contributed by atoms with Crippen LogP contribution in [-0.2, 0) is 4.74 Å². The van der Waals surface area contributed by atoms with E-state index in [2.05, 4.69) is 29.4 Å². The summed E-state index contributed by atoms with van der Waals surface area (Å²) >= 11 is 0. The van der Waals surface area contributed by atoms with Crippen LogP contribution in [0, 0.1) is 5.92 Å². The predicted molar refractivity (Wildman–Crippen MR) is 65.6 cm³/mol. The van der Waals surface area contributed by atoms with E-state index in [4.69, 9.17) is 10.5 Å². The molecule has 1 rings (SSSR count). The molecule has 4 N–H and O–H groups in total. The van der Waals surface area contributed by atoms with E-state index in [9.17, 15) is 4.79 Å². The van der Waals surface area contributed by atoms with Crippen molar-refractivity contribution in [1.29, 1.82) is 0 Å². The van der Waals surface area contributed by atoms with E-state index in [0.29, 0.717) is 30.5 Å². The maximum absolute atomic E-state index is 11.6. The van der Waals surface area contributed by atoms with Crippen LogP contribution in [0.15, 0.2) is 6.20 Å². The molecule has 0 radical (unpaired) electrons. The number of ether oxygens (including phenoxy) is 1. The van der Waals surface area contributed by atoms with Crippen molar-refractivity contribution >= 4 is 11.7 Å². The number of carbonyl (C=O) groups excluding carboxylic acids is 1. The average molecular weight is 240 g/mol.